The molecule has 2 aliphatic rings. The number of ether oxygens (including phenoxy) is 4. The van der Waals surface area contributed by atoms with Crippen molar-refractivity contribution in [1.29, 1.82) is 0 Å². The summed E-state index contributed by atoms with van der Waals surface area (Å²) in [7, 11) is 0. The predicted octanol–water partition coefficient (Wildman–Crippen LogP) is 6.12. The Labute approximate surface area is 316 Å². The number of amides is 4. The van der Waals surface area contributed by atoms with Crippen LogP contribution >= 0.6 is 39.3 Å². The van der Waals surface area contributed by atoms with Gasteiger partial charge in [0.1, 0.15) is 24.4 Å². The van der Waals surface area contributed by atoms with Crippen LogP contribution in [-0.4, -0.2) is 83.8 Å². The molecule has 4 N–H and O–H groups in total. The predicted molar refractivity (Wildman–Crippen MR) is 201 cm³/mol. The van der Waals surface area contributed by atoms with Crippen molar-refractivity contribution in [3.05, 3.63) is 99.5 Å². The molecule has 6 atom stereocenters. The van der Waals surface area contributed by atoms with Gasteiger partial charge in [-0.05, 0) is 86.2 Å². The number of nitrogens with zero attached hydrogens (tertiary/aromatic N) is 1. The molecule has 4 amide bonds. The Morgan fingerprint density at radius 2 is 1.73 bits per heavy atom. The Bertz CT molecular complexity index is 1620. The first-order chi connectivity index (χ1) is 24.4. The van der Waals surface area contributed by atoms with Gasteiger partial charge < -0.3 is 40.2 Å². The number of thioether (sulfide) groups is 1. The van der Waals surface area contributed by atoms with E-state index in [-0.39, 0.29) is 19.6 Å². The van der Waals surface area contributed by atoms with Crippen molar-refractivity contribution in [2.75, 3.05) is 23.9 Å². The lowest BCUT2D eigenvalue weighted by Gasteiger charge is -2.35. The zero-order valence-corrected chi connectivity index (χ0v) is 31.9. The topological polar surface area (TPSA) is 141 Å². The number of halogens is 2. The average molecular weight is 804 g/mol. The number of hydrogen-bond acceptors (Lipinski definition) is 8. The maximum atomic E-state index is 14.5. The van der Waals surface area contributed by atoms with Gasteiger partial charge in [0.15, 0.2) is 12.1 Å². The summed E-state index contributed by atoms with van der Waals surface area (Å²) in [6.45, 7) is 4.04. The van der Waals surface area contributed by atoms with E-state index in [1.54, 1.807) is 49.9 Å². The molecule has 2 fully saturated rings. The number of carbonyl (C=O) groups is 3. The molecule has 0 spiro atoms. The molecule has 2 saturated heterocycles. The number of nitrogens with two attached hydrogens (primary N) is 1. The highest BCUT2D eigenvalue weighted by Crippen LogP contribution is 2.40. The van der Waals surface area contributed by atoms with Crippen LogP contribution in [-0.2, 0) is 41.6 Å². The summed E-state index contributed by atoms with van der Waals surface area (Å²) in [6, 6.07) is 21.9. The van der Waals surface area contributed by atoms with Gasteiger partial charge in [0.05, 0.1) is 12.6 Å². The van der Waals surface area contributed by atoms with Gasteiger partial charge in [-0.3, -0.25) is 9.59 Å². The van der Waals surface area contributed by atoms with Crippen LogP contribution in [0.4, 0.5) is 10.5 Å². The SMILES string of the molecule is CSCC[C@@H](C(=O)N[C@@H](CC(N)=O)[C@@H]1O[C@H]2OC(C)(C)O[C@H]2[C@@H]1OCc1ccccc1)N(CCc1ccc(Br)cc1)C(=O)Nc1ccc(Cl)cc1. The van der Waals surface area contributed by atoms with Crippen molar-refractivity contribution in [2.24, 2.45) is 5.73 Å². The van der Waals surface area contributed by atoms with Gasteiger partial charge in [0.25, 0.3) is 0 Å². The number of rotatable bonds is 16. The van der Waals surface area contributed by atoms with Crippen LogP contribution in [0.2, 0.25) is 5.02 Å². The van der Waals surface area contributed by atoms with Crippen LogP contribution < -0.4 is 16.4 Å². The van der Waals surface area contributed by atoms with E-state index in [2.05, 4.69) is 26.6 Å². The first kappa shape index (κ1) is 39.0. The lowest BCUT2D eigenvalue weighted by atomic mass is 9.99. The molecule has 0 saturated carbocycles. The standard InChI is InChI=1S/C37H44BrClN4O7S/c1-37(2)49-33-32(47-22-24-7-5-4-6-8-24)31(48-35(33)50-37)28(21-30(40)44)42-34(45)29(18-20-51-3)43(19-17-23-9-11-25(38)12-10-23)36(46)41-27-15-13-26(39)14-16-27/h4-16,28-29,31-33,35H,17-22H2,1-3H3,(H2,40,44)(H,41,46)(H,42,45)/t28-,29-,31-,32+,33-,35-/m0/s1. The number of hydrogen-bond donors (Lipinski definition) is 3. The minimum absolute atomic E-state index is 0.234. The highest BCUT2D eigenvalue weighted by atomic mass is 79.9. The fourth-order valence-corrected chi connectivity index (χ4v) is 7.06. The first-order valence-corrected chi connectivity index (χ1v) is 19.3. The van der Waals surface area contributed by atoms with Crippen molar-refractivity contribution in [3.63, 3.8) is 0 Å². The lowest BCUT2D eigenvalue weighted by Crippen LogP contribution is -2.58. The number of carbonyl (C=O) groups excluding carboxylic acids is 3. The quantitative estimate of drug-likeness (QED) is 0.157. The zero-order chi connectivity index (χ0) is 36.5. The van der Waals surface area contributed by atoms with Gasteiger partial charge in [0, 0.05) is 28.1 Å². The summed E-state index contributed by atoms with van der Waals surface area (Å²) < 4.78 is 25.9. The van der Waals surface area contributed by atoms with Crippen LogP contribution in [0, 0.1) is 0 Å². The van der Waals surface area contributed by atoms with Crippen molar-refractivity contribution in [3.8, 4) is 0 Å². The molecule has 5 rings (SSSR count). The molecule has 0 aromatic heterocycles. The molecule has 51 heavy (non-hydrogen) atoms. The minimum atomic E-state index is -0.924. The number of nitrogens with one attached hydrogen (secondary N) is 2. The molecule has 11 nitrogen and oxygen atoms in total. The summed E-state index contributed by atoms with van der Waals surface area (Å²) in [5, 5.41) is 6.49. The number of anilines is 1. The summed E-state index contributed by atoms with van der Waals surface area (Å²) in [5.74, 6) is -1.43. The fourth-order valence-electron chi connectivity index (χ4n) is 6.22. The Balaban J connectivity index is 1.41. The summed E-state index contributed by atoms with van der Waals surface area (Å²) in [5.41, 5.74) is 8.20. The third-order valence-electron chi connectivity index (χ3n) is 8.64. The highest BCUT2D eigenvalue weighted by Gasteiger charge is 2.57. The summed E-state index contributed by atoms with van der Waals surface area (Å²) in [4.78, 5) is 42.5. The molecule has 3 aromatic carbocycles. The average Bonchev–Trinajstić information content (AvgIpc) is 3.58. The molecule has 2 aliphatic heterocycles. The number of benzene rings is 3. The molecule has 0 aliphatic carbocycles. The van der Waals surface area contributed by atoms with Crippen LogP contribution in [0.5, 0.6) is 0 Å². The molecule has 274 valence electrons. The molecule has 0 bridgehead atoms. The first-order valence-electron chi connectivity index (χ1n) is 16.7. The lowest BCUT2D eigenvalue weighted by molar-refractivity contribution is -0.222. The van der Waals surface area contributed by atoms with Gasteiger partial charge >= 0.3 is 6.03 Å². The maximum absolute atomic E-state index is 14.5. The minimum Gasteiger partial charge on any atom is -0.370 e. The van der Waals surface area contributed by atoms with Gasteiger partial charge in [-0.25, -0.2) is 4.79 Å². The van der Waals surface area contributed by atoms with Crippen LogP contribution in [0.25, 0.3) is 0 Å². The van der Waals surface area contributed by atoms with Crippen molar-refractivity contribution in [2.45, 2.75) is 82.2 Å². The number of urea groups is 1. The molecular formula is C37H44BrClN4O7S. The van der Waals surface area contributed by atoms with Crippen LogP contribution in [0.3, 0.4) is 0 Å². The fraction of sp³-hybridized carbons (Fsp3) is 0.432. The molecule has 14 heteroatoms. The monoisotopic (exact) mass is 802 g/mol. The second-order valence-electron chi connectivity index (χ2n) is 12.9. The van der Waals surface area contributed by atoms with Gasteiger partial charge in [0.2, 0.25) is 11.8 Å². The molecular weight excluding hydrogens is 760 g/mol. The highest BCUT2D eigenvalue weighted by molar-refractivity contribution is 9.10. The second-order valence-corrected chi connectivity index (χ2v) is 15.3. The third-order valence-corrected chi connectivity index (χ3v) is 10.1. The third kappa shape index (κ3) is 10.9. The van der Waals surface area contributed by atoms with Crippen molar-refractivity contribution >= 4 is 62.8 Å². The van der Waals surface area contributed by atoms with E-state index >= 15 is 0 Å². The molecule has 0 radical (unpaired) electrons. The number of fused-ring (bicyclic) bond motifs is 1. The Kier molecular flexibility index (Phi) is 13.8. The van der Waals surface area contributed by atoms with Gasteiger partial charge in [-0.2, -0.15) is 11.8 Å². The van der Waals surface area contributed by atoms with E-state index in [0.717, 1.165) is 15.6 Å². The van der Waals surface area contributed by atoms with Crippen LogP contribution in [0.1, 0.15) is 37.8 Å². The Morgan fingerprint density at radius 3 is 2.39 bits per heavy atom. The summed E-state index contributed by atoms with van der Waals surface area (Å²) in [6.07, 6.45) is -0.454. The van der Waals surface area contributed by atoms with Crippen molar-refractivity contribution < 1.29 is 33.3 Å². The number of primary amides is 1. The maximum Gasteiger partial charge on any atom is 0.322 e. The van der Waals surface area contributed by atoms with E-state index in [0.29, 0.717) is 29.3 Å². The Morgan fingerprint density at radius 1 is 1.02 bits per heavy atom. The van der Waals surface area contributed by atoms with E-state index in [9.17, 15) is 14.4 Å². The summed E-state index contributed by atoms with van der Waals surface area (Å²) >= 11 is 11.1. The van der Waals surface area contributed by atoms with Gasteiger partial charge in [-0.1, -0.05) is 70.0 Å². The Hall–Kier alpha value is -3.17. The van der Waals surface area contributed by atoms with Crippen LogP contribution in [0.15, 0.2) is 83.3 Å². The van der Waals surface area contributed by atoms with Gasteiger partial charge in [-0.15, -0.1) is 0 Å². The largest absolute Gasteiger partial charge is 0.370 e. The van der Waals surface area contributed by atoms with E-state index in [1.165, 1.54) is 4.90 Å². The zero-order valence-electron chi connectivity index (χ0n) is 28.8. The molecule has 3 aromatic rings. The molecule has 2 heterocycles. The van der Waals surface area contributed by atoms with E-state index in [1.807, 2.05) is 60.9 Å². The normalized spacial score (nSPS) is 21.7. The van der Waals surface area contributed by atoms with E-state index < -0.39 is 60.3 Å². The van der Waals surface area contributed by atoms with E-state index in [4.69, 9.17) is 36.3 Å². The molecule has 0 unspecified atom stereocenters. The second kappa shape index (κ2) is 18.0. The smallest absolute Gasteiger partial charge is 0.322 e. The van der Waals surface area contributed by atoms with Crippen molar-refractivity contribution in [1.82, 2.24) is 10.2 Å².